The molecular weight excluding hydrogens is 148 g/mol. The van der Waals surface area contributed by atoms with Crippen LogP contribution in [-0.4, -0.2) is 39.9 Å². The molecule has 1 rings (SSSR count). The second kappa shape index (κ2) is 3.32. The monoisotopic (exact) mass is 160 g/mol. The number of rotatable bonds is 1. The molecule has 0 aliphatic carbocycles. The Labute approximate surface area is 64.7 Å². The number of aliphatic hydroxyl groups excluding tert-OH is 3. The average Bonchev–Trinajstić information content (AvgIpc) is 1.96. The van der Waals surface area contributed by atoms with E-state index in [0.29, 0.717) is 0 Å². The van der Waals surface area contributed by atoms with Gasteiger partial charge in [0.25, 0.3) is 0 Å². The zero-order valence-corrected chi connectivity index (χ0v) is 6.05. The summed E-state index contributed by atoms with van der Waals surface area (Å²) in [4.78, 5) is 0. The van der Waals surface area contributed by atoms with Gasteiger partial charge in [0.05, 0.1) is 6.10 Å². The maximum Gasteiger partial charge on any atom is 0.158 e. The van der Waals surface area contributed by atoms with Gasteiger partial charge in [-0.15, -0.1) is 6.58 Å². The van der Waals surface area contributed by atoms with Gasteiger partial charge in [-0.1, -0.05) is 6.08 Å². The van der Waals surface area contributed by atoms with E-state index in [9.17, 15) is 5.11 Å². The third-order valence-corrected chi connectivity index (χ3v) is 1.72. The SMILES string of the molecule is C=C[C@H]1O[C@@H](O)C[C@@H](O)[C@@H]1O. The molecule has 1 saturated heterocycles. The Kier molecular flexibility index (Phi) is 2.62. The number of ether oxygens (including phenoxy) is 1. The second-order valence-corrected chi connectivity index (χ2v) is 2.58. The van der Waals surface area contributed by atoms with E-state index in [1.165, 1.54) is 6.08 Å². The summed E-state index contributed by atoms with van der Waals surface area (Å²) >= 11 is 0. The van der Waals surface area contributed by atoms with Crippen LogP contribution in [0.4, 0.5) is 0 Å². The number of hydrogen-bond donors (Lipinski definition) is 3. The molecule has 0 aromatic rings. The number of hydrogen-bond acceptors (Lipinski definition) is 4. The van der Waals surface area contributed by atoms with Crippen LogP contribution in [0.25, 0.3) is 0 Å². The van der Waals surface area contributed by atoms with Crippen LogP contribution in [0, 0.1) is 0 Å². The molecule has 1 fully saturated rings. The van der Waals surface area contributed by atoms with Crippen molar-refractivity contribution in [3.63, 3.8) is 0 Å². The van der Waals surface area contributed by atoms with Crippen molar-refractivity contribution in [2.75, 3.05) is 0 Å². The molecule has 0 spiro atoms. The highest BCUT2D eigenvalue weighted by atomic mass is 16.6. The van der Waals surface area contributed by atoms with Gasteiger partial charge < -0.3 is 20.1 Å². The van der Waals surface area contributed by atoms with Crippen molar-refractivity contribution < 1.29 is 20.1 Å². The van der Waals surface area contributed by atoms with Crippen LogP contribution < -0.4 is 0 Å². The molecule has 0 aromatic carbocycles. The molecule has 4 nitrogen and oxygen atoms in total. The molecule has 3 N–H and O–H groups in total. The lowest BCUT2D eigenvalue weighted by molar-refractivity contribution is -0.218. The quantitative estimate of drug-likeness (QED) is 0.430. The lowest BCUT2D eigenvalue weighted by Gasteiger charge is -2.33. The van der Waals surface area contributed by atoms with Crippen LogP contribution in [0.5, 0.6) is 0 Å². The smallest absolute Gasteiger partial charge is 0.158 e. The van der Waals surface area contributed by atoms with Crippen molar-refractivity contribution in [2.45, 2.75) is 31.0 Å². The first-order valence-electron chi connectivity index (χ1n) is 3.47. The number of aliphatic hydroxyl groups is 3. The molecule has 11 heavy (non-hydrogen) atoms. The van der Waals surface area contributed by atoms with E-state index in [2.05, 4.69) is 6.58 Å². The highest BCUT2D eigenvalue weighted by molar-refractivity contribution is 4.92. The van der Waals surface area contributed by atoms with Crippen molar-refractivity contribution in [3.8, 4) is 0 Å². The van der Waals surface area contributed by atoms with Gasteiger partial charge >= 0.3 is 0 Å². The minimum absolute atomic E-state index is 0.0471. The Bertz CT molecular complexity index is 147. The van der Waals surface area contributed by atoms with E-state index in [0.717, 1.165) is 0 Å². The summed E-state index contributed by atoms with van der Waals surface area (Å²) in [5.74, 6) is 0. The highest BCUT2D eigenvalue weighted by Crippen LogP contribution is 2.19. The molecule has 4 atom stereocenters. The van der Waals surface area contributed by atoms with Crippen molar-refractivity contribution in [1.29, 1.82) is 0 Å². The normalized spacial score (nSPS) is 45.4. The lowest BCUT2D eigenvalue weighted by Crippen LogP contribution is -2.47. The fourth-order valence-electron chi connectivity index (χ4n) is 1.08. The molecule has 1 heterocycles. The van der Waals surface area contributed by atoms with Gasteiger partial charge in [0.2, 0.25) is 0 Å². The maximum absolute atomic E-state index is 9.20. The van der Waals surface area contributed by atoms with E-state index in [1.807, 2.05) is 0 Å². The van der Waals surface area contributed by atoms with Gasteiger partial charge in [-0.3, -0.25) is 0 Å². The Morgan fingerprint density at radius 2 is 2.00 bits per heavy atom. The molecule has 0 aromatic heterocycles. The van der Waals surface area contributed by atoms with Gasteiger partial charge in [-0.25, -0.2) is 0 Å². The largest absolute Gasteiger partial charge is 0.390 e. The van der Waals surface area contributed by atoms with Gasteiger partial charge in [-0.05, 0) is 0 Å². The average molecular weight is 160 g/mol. The van der Waals surface area contributed by atoms with Gasteiger partial charge in [0.15, 0.2) is 6.29 Å². The molecule has 0 radical (unpaired) electrons. The summed E-state index contributed by atoms with van der Waals surface area (Å²) < 4.78 is 4.85. The summed E-state index contributed by atoms with van der Waals surface area (Å²) in [6, 6.07) is 0. The van der Waals surface area contributed by atoms with Crippen molar-refractivity contribution >= 4 is 0 Å². The Morgan fingerprint density at radius 3 is 2.55 bits per heavy atom. The first kappa shape index (κ1) is 8.67. The van der Waals surface area contributed by atoms with Gasteiger partial charge in [-0.2, -0.15) is 0 Å². The van der Waals surface area contributed by atoms with Gasteiger partial charge in [0, 0.05) is 6.42 Å². The fourth-order valence-corrected chi connectivity index (χ4v) is 1.08. The molecule has 4 heteroatoms. The third-order valence-electron chi connectivity index (χ3n) is 1.72. The zero-order valence-electron chi connectivity index (χ0n) is 6.05. The van der Waals surface area contributed by atoms with E-state index in [4.69, 9.17) is 14.9 Å². The molecule has 1 aliphatic rings. The van der Waals surface area contributed by atoms with E-state index < -0.39 is 24.6 Å². The fraction of sp³-hybridized carbons (Fsp3) is 0.714. The summed E-state index contributed by atoms with van der Waals surface area (Å²) in [5.41, 5.74) is 0. The van der Waals surface area contributed by atoms with E-state index in [-0.39, 0.29) is 6.42 Å². The second-order valence-electron chi connectivity index (χ2n) is 2.58. The summed E-state index contributed by atoms with van der Waals surface area (Å²) in [6.07, 6.45) is -2.18. The summed E-state index contributed by atoms with van der Waals surface area (Å²) in [7, 11) is 0. The van der Waals surface area contributed by atoms with Crippen molar-refractivity contribution in [1.82, 2.24) is 0 Å². The molecule has 0 bridgehead atoms. The first-order valence-corrected chi connectivity index (χ1v) is 3.47. The Morgan fingerprint density at radius 1 is 1.36 bits per heavy atom. The molecule has 64 valence electrons. The molecule has 0 unspecified atom stereocenters. The summed E-state index contributed by atoms with van der Waals surface area (Å²) in [6.45, 7) is 3.40. The zero-order chi connectivity index (χ0) is 8.43. The predicted octanol–water partition coefficient (Wildman–Crippen LogP) is -0.999. The van der Waals surface area contributed by atoms with Crippen LogP contribution in [0.15, 0.2) is 12.7 Å². The Balaban J connectivity index is 2.58. The maximum atomic E-state index is 9.20. The topological polar surface area (TPSA) is 69.9 Å². The molecular formula is C7H12O4. The first-order chi connectivity index (χ1) is 5.15. The lowest BCUT2D eigenvalue weighted by atomic mass is 10.0. The minimum atomic E-state index is -1.00. The standard InChI is InChI=1S/C7H12O4/c1-2-5-7(10)4(8)3-6(9)11-5/h2,4-10H,1,3H2/t4-,5-,6-,7+/m1/s1. The van der Waals surface area contributed by atoms with Crippen LogP contribution >= 0.6 is 0 Å². The van der Waals surface area contributed by atoms with Crippen LogP contribution in [0.1, 0.15) is 6.42 Å². The van der Waals surface area contributed by atoms with E-state index in [1.54, 1.807) is 0 Å². The van der Waals surface area contributed by atoms with Crippen LogP contribution in [0.2, 0.25) is 0 Å². The van der Waals surface area contributed by atoms with Crippen LogP contribution in [-0.2, 0) is 4.74 Å². The molecule has 0 amide bonds. The summed E-state index contributed by atoms with van der Waals surface area (Å²) in [5, 5.41) is 27.3. The minimum Gasteiger partial charge on any atom is -0.390 e. The predicted molar refractivity (Wildman–Crippen MR) is 37.7 cm³/mol. The third kappa shape index (κ3) is 1.78. The molecule has 0 saturated carbocycles. The Hall–Kier alpha value is -0.420. The van der Waals surface area contributed by atoms with Crippen molar-refractivity contribution in [2.24, 2.45) is 0 Å². The highest BCUT2D eigenvalue weighted by Gasteiger charge is 2.33. The molecule has 1 aliphatic heterocycles. The van der Waals surface area contributed by atoms with Crippen LogP contribution in [0.3, 0.4) is 0 Å². The van der Waals surface area contributed by atoms with Gasteiger partial charge in [0.1, 0.15) is 12.2 Å². The van der Waals surface area contributed by atoms with E-state index >= 15 is 0 Å². The van der Waals surface area contributed by atoms with Crippen molar-refractivity contribution in [3.05, 3.63) is 12.7 Å².